The third-order valence-electron chi connectivity index (χ3n) is 6.20. The van der Waals surface area contributed by atoms with E-state index in [1.807, 2.05) is 48.5 Å². The first-order valence-corrected chi connectivity index (χ1v) is 11.5. The van der Waals surface area contributed by atoms with Crippen LogP contribution in [0.4, 0.5) is 4.79 Å². The first-order valence-electron chi connectivity index (χ1n) is 11.5. The maximum absolute atomic E-state index is 12.5. The average Bonchev–Trinajstić information content (AvgIpc) is 3.33. The molecule has 2 aromatic carbocycles. The van der Waals surface area contributed by atoms with Crippen LogP contribution in [0.2, 0.25) is 0 Å². The molecule has 34 heavy (non-hydrogen) atoms. The number of aliphatic hydroxyl groups is 1. The highest BCUT2D eigenvalue weighted by Crippen LogP contribution is 2.40. The summed E-state index contributed by atoms with van der Waals surface area (Å²) in [5.74, 6) is 2.02. The van der Waals surface area contributed by atoms with Gasteiger partial charge in [0.25, 0.3) is 0 Å². The zero-order chi connectivity index (χ0) is 24.2. The number of likely N-dealkylation sites (tertiary alicyclic amines) is 1. The summed E-state index contributed by atoms with van der Waals surface area (Å²) in [6.07, 6.45) is 1.37. The number of aromatic nitrogens is 1. The summed E-state index contributed by atoms with van der Waals surface area (Å²) < 4.78 is 11.9. The molecule has 8 nitrogen and oxygen atoms in total. The molecule has 1 aromatic heterocycles. The second kappa shape index (κ2) is 10.3. The highest BCUT2D eigenvalue weighted by atomic mass is 16.5. The first kappa shape index (κ1) is 23.8. The third kappa shape index (κ3) is 4.78. The van der Waals surface area contributed by atoms with Gasteiger partial charge in [0.1, 0.15) is 11.4 Å². The van der Waals surface area contributed by atoms with Crippen molar-refractivity contribution in [3.63, 3.8) is 0 Å². The molecule has 0 bridgehead atoms. The lowest BCUT2D eigenvalue weighted by Gasteiger charge is -2.33. The molecular weight excluding hydrogens is 434 g/mol. The van der Waals surface area contributed by atoms with Crippen LogP contribution in [-0.2, 0) is 6.61 Å². The van der Waals surface area contributed by atoms with Crippen LogP contribution in [-0.4, -0.2) is 57.5 Å². The second-order valence-electron chi connectivity index (χ2n) is 8.77. The summed E-state index contributed by atoms with van der Waals surface area (Å²) >= 11 is 0. The number of carbonyl (C=O) groups excluding carboxylic acids is 1. The van der Waals surface area contributed by atoms with E-state index in [-0.39, 0.29) is 24.6 Å². The van der Waals surface area contributed by atoms with Crippen LogP contribution in [0.1, 0.15) is 44.1 Å². The van der Waals surface area contributed by atoms with Gasteiger partial charge < -0.3 is 19.2 Å². The van der Waals surface area contributed by atoms with Crippen LogP contribution >= 0.6 is 0 Å². The summed E-state index contributed by atoms with van der Waals surface area (Å²) in [7, 11) is 1.63. The minimum Gasteiger partial charge on any atom is -0.496 e. The van der Waals surface area contributed by atoms with Crippen molar-refractivity contribution in [2.75, 3.05) is 20.2 Å². The van der Waals surface area contributed by atoms with E-state index in [1.165, 1.54) is 0 Å². The predicted molar refractivity (Wildman–Crippen MR) is 128 cm³/mol. The van der Waals surface area contributed by atoms with Crippen molar-refractivity contribution in [2.24, 2.45) is 0 Å². The van der Waals surface area contributed by atoms with Gasteiger partial charge in [0.2, 0.25) is 0 Å². The number of urea groups is 1. The quantitative estimate of drug-likeness (QED) is 0.396. The van der Waals surface area contributed by atoms with E-state index in [2.05, 4.69) is 0 Å². The molecule has 0 spiro atoms. The topological polar surface area (TPSA) is 99.3 Å². The minimum absolute atomic E-state index is 0.0271. The molecule has 1 aliphatic heterocycles. The van der Waals surface area contributed by atoms with E-state index in [0.29, 0.717) is 49.0 Å². The fourth-order valence-electron chi connectivity index (χ4n) is 4.17. The fraction of sp³-hybridized carbons (Fsp3) is 0.385. The van der Waals surface area contributed by atoms with Gasteiger partial charge in [-0.2, -0.15) is 0 Å². The van der Waals surface area contributed by atoms with E-state index < -0.39 is 0 Å². The van der Waals surface area contributed by atoms with Crippen molar-refractivity contribution in [2.45, 2.75) is 45.3 Å². The molecule has 180 valence electrons. The van der Waals surface area contributed by atoms with Crippen molar-refractivity contribution in [3.8, 4) is 28.3 Å². The highest BCUT2D eigenvalue weighted by Gasteiger charge is 2.31. The lowest BCUT2D eigenvalue weighted by molar-refractivity contribution is -0.0815. The molecule has 1 saturated heterocycles. The minimum atomic E-state index is -0.375. The molecule has 0 radical (unpaired) electrons. The average molecular weight is 466 g/mol. The Bertz CT molecular complexity index is 1120. The van der Waals surface area contributed by atoms with Gasteiger partial charge in [-0.3, -0.25) is 5.21 Å². The fourth-order valence-corrected chi connectivity index (χ4v) is 4.17. The molecule has 2 amide bonds. The zero-order valence-electron chi connectivity index (χ0n) is 19.8. The van der Waals surface area contributed by atoms with Crippen molar-refractivity contribution in [1.82, 2.24) is 14.9 Å². The summed E-state index contributed by atoms with van der Waals surface area (Å²) in [6, 6.07) is 14.6. The molecule has 2 N–H and O–H groups in total. The number of ether oxygens (including phenoxy) is 1. The van der Waals surface area contributed by atoms with Gasteiger partial charge in [-0.1, -0.05) is 36.4 Å². The van der Waals surface area contributed by atoms with Gasteiger partial charge in [-0.05, 0) is 44.4 Å². The molecule has 0 atom stereocenters. The number of methoxy groups -OCH3 is 1. The molecule has 4 rings (SSSR count). The lowest BCUT2D eigenvalue weighted by atomic mass is 9.97. The Hall–Kier alpha value is -3.36. The maximum atomic E-state index is 12.5. The van der Waals surface area contributed by atoms with E-state index >= 15 is 0 Å². The normalized spacial score (nSPS) is 14.5. The van der Waals surface area contributed by atoms with Crippen LogP contribution in [0.3, 0.4) is 0 Å². The maximum Gasteiger partial charge on any atom is 0.343 e. The number of carbonyl (C=O) groups is 1. The number of para-hydroxylation sites is 1. The number of hydroxylamine groups is 2. The van der Waals surface area contributed by atoms with Gasteiger partial charge >= 0.3 is 6.03 Å². The number of hydrogen-bond acceptors (Lipinski definition) is 6. The van der Waals surface area contributed by atoms with E-state index in [0.717, 1.165) is 21.8 Å². The van der Waals surface area contributed by atoms with Gasteiger partial charge in [0, 0.05) is 30.1 Å². The summed E-state index contributed by atoms with van der Waals surface area (Å²) in [5.41, 5.74) is 3.21. The smallest absolute Gasteiger partial charge is 0.343 e. The van der Waals surface area contributed by atoms with Gasteiger partial charge in [-0.25, -0.2) is 14.8 Å². The number of rotatable bonds is 6. The number of oxazole rings is 1. The van der Waals surface area contributed by atoms with E-state index in [4.69, 9.17) is 14.1 Å². The van der Waals surface area contributed by atoms with E-state index in [1.54, 1.807) is 25.9 Å². The molecule has 8 heteroatoms. The predicted octanol–water partition coefficient (Wildman–Crippen LogP) is 4.91. The monoisotopic (exact) mass is 465 g/mol. The van der Waals surface area contributed by atoms with Gasteiger partial charge in [0.15, 0.2) is 11.7 Å². The molecule has 0 saturated carbocycles. The largest absolute Gasteiger partial charge is 0.496 e. The Balaban J connectivity index is 1.64. The standard InChI is InChI=1S/C26H31N3O5/c1-17(2)29(32)26(31)28-14-12-20(13-15-28)25-27-23(21-6-4-5-7-22(21)33-3)24(34-25)19-10-8-18(16-30)9-11-19/h4-11,17,20,30,32H,12-16H2,1-3H3. The molecule has 1 fully saturated rings. The summed E-state index contributed by atoms with van der Waals surface area (Å²) in [5, 5.41) is 20.2. The molecule has 1 aliphatic rings. The Morgan fingerprint density at radius 2 is 1.85 bits per heavy atom. The van der Waals surface area contributed by atoms with Crippen molar-refractivity contribution < 1.29 is 24.3 Å². The number of hydrogen-bond donors (Lipinski definition) is 2. The number of amides is 2. The highest BCUT2D eigenvalue weighted by molar-refractivity contribution is 5.80. The SMILES string of the molecule is COc1ccccc1-c1nc(C2CCN(C(=O)N(O)C(C)C)CC2)oc1-c1ccc(CO)cc1. The number of piperidine rings is 1. The number of nitrogens with zero attached hydrogens (tertiary/aromatic N) is 3. The van der Waals surface area contributed by atoms with Crippen LogP contribution in [0, 0.1) is 0 Å². The van der Waals surface area contributed by atoms with Crippen LogP contribution in [0.25, 0.3) is 22.6 Å². The number of aliphatic hydroxyl groups excluding tert-OH is 1. The molecular formula is C26H31N3O5. The lowest BCUT2D eigenvalue weighted by Crippen LogP contribution is -2.47. The van der Waals surface area contributed by atoms with Crippen LogP contribution in [0.15, 0.2) is 52.9 Å². The van der Waals surface area contributed by atoms with Crippen molar-refractivity contribution in [1.29, 1.82) is 0 Å². The Labute approximate surface area is 199 Å². The summed E-state index contributed by atoms with van der Waals surface area (Å²) in [4.78, 5) is 19.0. The van der Waals surface area contributed by atoms with Gasteiger partial charge in [0.05, 0.1) is 19.8 Å². The first-order chi connectivity index (χ1) is 16.4. The molecule has 0 unspecified atom stereocenters. The van der Waals surface area contributed by atoms with Gasteiger partial charge in [-0.15, -0.1) is 0 Å². The number of benzene rings is 2. The van der Waals surface area contributed by atoms with Crippen molar-refractivity contribution >= 4 is 6.03 Å². The van der Waals surface area contributed by atoms with Crippen molar-refractivity contribution in [3.05, 3.63) is 60.0 Å². The molecule has 3 aromatic rings. The zero-order valence-corrected chi connectivity index (χ0v) is 19.8. The Morgan fingerprint density at radius 3 is 2.47 bits per heavy atom. The molecule has 2 heterocycles. The van der Waals surface area contributed by atoms with E-state index in [9.17, 15) is 15.1 Å². The second-order valence-corrected chi connectivity index (χ2v) is 8.77. The Morgan fingerprint density at radius 1 is 1.18 bits per heavy atom. The molecule has 0 aliphatic carbocycles. The third-order valence-corrected chi connectivity index (χ3v) is 6.20. The Kier molecular flexibility index (Phi) is 7.19. The summed E-state index contributed by atoms with van der Waals surface area (Å²) in [6.45, 7) is 4.54. The van der Waals surface area contributed by atoms with Crippen LogP contribution in [0.5, 0.6) is 5.75 Å². The van der Waals surface area contributed by atoms with Crippen LogP contribution < -0.4 is 4.74 Å².